The summed E-state index contributed by atoms with van der Waals surface area (Å²) in [6.07, 6.45) is 2.60. The highest BCUT2D eigenvalue weighted by molar-refractivity contribution is 5.19. The molecule has 0 aliphatic carbocycles. The van der Waals surface area contributed by atoms with E-state index in [-0.39, 0.29) is 6.10 Å². The van der Waals surface area contributed by atoms with Crippen molar-refractivity contribution < 1.29 is 4.74 Å². The Kier molecular flexibility index (Phi) is 6.87. The van der Waals surface area contributed by atoms with Crippen LogP contribution in [0.1, 0.15) is 45.3 Å². The Hall–Kier alpha value is -0.900. The Morgan fingerprint density at radius 2 is 1.77 bits per heavy atom. The highest BCUT2D eigenvalue weighted by atomic mass is 16.5. The summed E-state index contributed by atoms with van der Waals surface area (Å²) in [6.45, 7) is 10.5. The van der Waals surface area contributed by atoms with Crippen LogP contribution in [0.2, 0.25) is 0 Å². The molecule has 1 aromatic carbocycles. The van der Waals surface area contributed by atoms with Gasteiger partial charge in [-0.3, -0.25) is 0 Å². The highest BCUT2D eigenvalue weighted by Gasteiger charge is 2.24. The molecule has 2 rings (SSSR count). The third-order valence-electron chi connectivity index (χ3n) is 4.55. The van der Waals surface area contributed by atoms with Gasteiger partial charge in [0.15, 0.2) is 0 Å². The molecule has 1 heterocycles. The molecule has 124 valence electrons. The topological polar surface area (TPSA) is 24.5 Å². The summed E-state index contributed by atoms with van der Waals surface area (Å²) < 4.78 is 5.74. The van der Waals surface area contributed by atoms with E-state index in [9.17, 15) is 0 Å². The summed E-state index contributed by atoms with van der Waals surface area (Å²) in [5, 5.41) is 3.79. The lowest BCUT2D eigenvalue weighted by molar-refractivity contribution is 0.0636. The first kappa shape index (κ1) is 17.5. The van der Waals surface area contributed by atoms with Gasteiger partial charge in [-0.1, -0.05) is 44.2 Å². The number of piperidine rings is 1. The molecular weight excluding hydrogens is 272 g/mol. The van der Waals surface area contributed by atoms with Crippen LogP contribution in [0.15, 0.2) is 30.3 Å². The van der Waals surface area contributed by atoms with Crippen LogP contribution in [-0.4, -0.2) is 43.7 Å². The molecule has 0 saturated carbocycles. The van der Waals surface area contributed by atoms with Gasteiger partial charge >= 0.3 is 0 Å². The molecule has 1 aliphatic rings. The van der Waals surface area contributed by atoms with Crippen molar-refractivity contribution in [1.29, 1.82) is 0 Å². The average Bonchev–Trinajstić information content (AvgIpc) is 2.50. The lowest BCUT2D eigenvalue weighted by Crippen LogP contribution is -2.47. The van der Waals surface area contributed by atoms with Gasteiger partial charge in [0.2, 0.25) is 0 Å². The molecule has 3 nitrogen and oxygen atoms in total. The Labute approximate surface area is 136 Å². The van der Waals surface area contributed by atoms with E-state index in [1.54, 1.807) is 7.11 Å². The van der Waals surface area contributed by atoms with Gasteiger partial charge in [-0.2, -0.15) is 0 Å². The highest BCUT2D eigenvalue weighted by Crippen LogP contribution is 2.22. The SMILES string of the molecule is CO[C@H](c1ccccc1)[C@@H](C)NC1CCN(CC(C)C)CC1. The summed E-state index contributed by atoms with van der Waals surface area (Å²) in [5.74, 6) is 0.763. The second kappa shape index (κ2) is 8.66. The summed E-state index contributed by atoms with van der Waals surface area (Å²) in [6, 6.07) is 11.5. The summed E-state index contributed by atoms with van der Waals surface area (Å²) in [5.41, 5.74) is 1.25. The quantitative estimate of drug-likeness (QED) is 0.835. The number of hydrogen-bond donors (Lipinski definition) is 1. The van der Waals surface area contributed by atoms with Gasteiger partial charge in [0.25, 0.3) is 0 Å². The predicted octanol–water partition coefficient (Wildman–Crippen LogP) is 3.47. The van der Waals surface area contributed by atoms with Gasteiger partial charge in [0, 0.05) is 25.7 Å². The molecule has 0 radical (unpaired) electrons. The lowest BCUT2D eigenvalue weighted by Gasteiger charge is -2.36. The Morgan fingerprint density at radius 1 is 1.14 bits per heavy atom. The third kappa shape index (κ3) is 5.08. The molecule has 2 atom stereocenters. The minimum Gasteiger partial charge on any atom is -0.375 e. The van der Waals surface area contributed by atoms with Crippen LogP contribution in [0, 0.1) is 5.92 Å². The number of nitrogens with zero attached hydrogens (tertiary/aromatic N) is 1. The van der Waals surface area contributed by atoms with Crippen LogP contribution in [0.4, 0.5) is 0 Å². The zero-order chi connectivity index (χ0) is 15.9. The van der Waals surface area contributed by atoms with E-state index in [0.29, 0.717) is 12.1 Å². The first-order valence-electron chi connectivity index (χ1n) is 8.66. The van der Waals surface area contributed by atoms with Crippen LogP contribution < -0.4 is 5.32 Å². The molecule has 0 amide bonds. The lowest BCUT2D eigenvalue weighted by atomic mass is 9.99. The summed E-state index contributed by atoms with van der Waals surface area (Å²) in [7, 11) is 1.81. The van der Waals surface area contributed by atoms with E-state index in [2.05, 4.69) is 61.3 Å². The zero-order valence-corrected chi connectivity index (χ0v) is 14.6. The van der Waals surface area contributed by atoms with Crippen molar-refractivity contribution in [2.75, 3.05) is 26.7 Å². The molecule has 22 heavy (non-hydrogen) atoms. The summed E-state index contributed by atoms with van der Waals surface area (Å²) >= 11 is 0. The Morgan fingerprint density at radius 3 is 2.32 bits per heavy atom. The van der Waals surface area contributed by atoms with Gasteiger partial charge in [0.1, 0.15) is 0 Å². The first-order chi connectivity index (χ1) is 10.6. The van der Waals surface area contributed by atoms with Crippen LogP contribution in [0.5, 0.6) is 0 Å². The Balaban J connectivity index is 1.83. The second-order valence-electron chi connectivity index (χ2n) is 6.99. The molecule has 0 spiro atoms. The van der Waals surface area contributed by atoms with Crippen LogP contribution >= 0.6 is 0 Å². The van der Waals surface area contributed by atoms with E-state index in [1.807, 2.05) is 0 Å². The molecule has 3 heteroatoms. The van der Waals surface area contributed by atoms with Crippen molar-refractivity contribution in [2.45, 2.75) is 51.8 Å². The van der Waals surface area contributed by atoms with Crippen molar-refractivity contribution in [3.63, 3.8) is 0 Å². The maximum atomic E-state index is 5.74. The smallest absolute Gasteiger partial charge is 0.0971 e. The molecule has 1 fully saturated rings. The van der Waals surface area contributed by atoms with Crippen LogP contribution in [-0.2, 0) is 4.74 Å². The van der Waals surface area contributed by atoms with Gasteiger partial charge < -0.3 is 15.0 Å². The van der Waals surface area contributed by atoms with Gasteiger partial charge in [-0.15, -0.1) is 0 Å². The normalized spacial score (nSPS) is 20.2. The minimum atomic E-state index is 0.120. The number of benzene rings is 1. The van der Waals surface area contributed by atoms with Crippen molar-refractivity contribution in [3.05, 3.63) is 35.9 Å². The number of rotatable bonds is 7. The van der Waals surface area contributed by atoms with Crippen molar-refractivity contribution >= 4 is 0 Å². The van der Waals surface area contributed by atoms with E-state index < -0.39 is 0 Å². The van der Waals surface area contributed by atoms with Crippen molar-refractivity contribution in [3.8, 4) is 0 Å². The molecule has 0 unspecified atom stereocenters. The average molecular weight is 304 g/mol. The van der Waals surface area contributed by atoms with E-state index in [0.717, 1.165) is 5.92 Å². The fourth-order valence-corrected chi connectivity index (χ4v) is 3.53. The van der Waals surface area contributed by atoms with Crippen LogP contribution in [0.25, 0.3) is 0 Å². The fourth-order valence-electron chi connectivity index (χ4n) is 3.53. The molecule has 1 aromatic rings. The zero-order valence-electron chi connectivity index (χ0n) is 14.6. The van der Waals surface area contributed by atoms with Gasteiger partial charge in [-0.25, -0.2) is 0 Å². The molecule has 1 aliphatic heterocycles. The van der Waals surface area contributed by atoms with Crippen LogP contribution in [0.3, 0.4) is 0 Å². The number of likely N-dealkylation sites (tertiary alicyclic amines) is 1. The van der Waals surface area contributed by atoms with E-state index >= 15 is 0 Å². The largest absolute Gasteiger partial charge is 0.375 e. The Bertz CT molecular complexity index is 413. The van der Waals surface area contributed by atoms with Gasteiger partial charge in [0.05, 0.1) is 6.10 Å². The number of methoxy groups -OCH3 is 1. The predicted molar refractivity (Wildman–Crippen MR) is 93.1 cm³/mol. The second-order valence-corrected chi connectivity index (χ2v) is 6.99. The maximum Gasteiger partial charge on any atom is 0.0971 e. The fraction of sp³-hybridized carbons (Fsp3) is 0.684. The third-order valence-corrected chi connectivity index (χ3v) is 4.55. The van der Waals surface area contributed by atoms with E-state index in [1.165, 1.54) is 38.0 Å². The number of nitrogens with one attached hydrogen (secondary N) is 1. The minimum absolute atomic E-state index is 0.120. The van der Waals surface area contributed by atoms with E-state index in [4.69, 9.17) is 4.74 Å². The number of hydrogen-bond acceptors (Lipinski definition) is 3. The molecule has 0 bridgehead atoms. The monoisotopic (exact) mass is 304 g/mol. The van der Waals surface area contributed by atoms with Gasteiger partial charge in [-0.05, 0) is 44.3 Å². The first-order valence-corrected chi connectivity index (χ1v) is 8.66. The molecule has 0 aromatic heterocycles. The van der Waals surface area contributed by atoms with Crippen molar-refractivity contribution in [1.82, 2.24) is 10.2 Å². The summed E-state index contributed by atoms with van der Waals surface area (Å²) in [4.78, 5) is 2.60. The molecule has 1 N–H and O–H groups in total. The molecule has 1 saturated heterocycles. The standard InChI is InChI=1S/C19H32N2O/c1-15(2)14-21-12-10-18(11-13-21)20-16(3)19(22-4)17-8-6-5-7-9-17/h5-9,15-16,18-20H,10-14H2,1-4H3/t16-,19+/m1/s1. The molecular formula is C19H32N2O. The maximum absolute atomic E-state index is 5.74. The van der Waals surface area contributed by atoms with Crippen molar-refractivity contribution in [2.24, 2.45) is 5.92 Å². The number of ether oxygens (including phenoxy) is 1.